The lowest BCUT2D eigenvalue weighted by Crippen LogP contribution is -2.24. The number of primary amides is 1. The number of nitrogens with one attached hydrogen (secondary N) is 1. The molecule has 118 valence electrons. The number of carbonyl (C=O) groups excluding carboxylic acids is 2. The van der Waals surface area contributed by atoms with Crippen LogP contribution >= 0.6 is 11.8 Å². The Balaban J connectivity index is 2.72. The fraction of sp³-hybridized carbons (Fsp3) is 0.214. The molecule has 0 aliphatic carbocycles. The monoisotopic (exact) mass is 323 g/mol. The Morgan fingerprint density at radius 1 is 1.45 bits per heavy atom. The van der Waals surface area contributed by atoms with Gasteiger partial charge in [0.2, 0.25) is 0 Å². The molecular weight excluding hydrogens is 306 g/mol. The van der Waals surface area contributed by atoms with E-state index in [0.29, 0.717) is 22.8 Å². The van der Waals surface area contributed by atoms with Crippen molar-refractivity contribution in [2.75, 3.05) is 18.6 Å². The van der Waals surface area contributed by atoms with Crippen molar-refractivity contribution in [3.05, 3.63) is 36.4 Å². The van der Waals surface area contributed by atoms with Gasteiger partial charge in [-0.1, -0.05) is 6.08 Å². The van der Waals surface area contributed by atoms with Crippen molar-refractivity contribution in [2.45, 2.75) is 0 Å². The van der Waals surface area contributed by atoms with Crippen molar-refractivity contribution >= 4 is 30.0 Å². The van der Waals surface area contributed by atoms with E-state index in [2.05, 4.69) is 17.1 Å². The second kappa shape index (κ2) is 9.46. The van der Waals surface area contributed by atoms with Crippen LogP contribution in [0.1, 0.15) is 5.56 Å². The molecule has 2 amide bonds. The molecule has 1 aromatic rings. The number of methoxy groups -OCH3 is 1. The fourth-order valence-corrected chi connectivity index (χ4v) is 1.91. The third-order valence-electron chi connectivity index (χ3n) is 2.26. The van der Waals surface area contributed by atoms with Crippen LogP contribution in [-0.2, 0) is 4.79 Å². The van der Waals surface area contributed by atoms with Crippen molar-refractivity contribution in [1.29, 1.82) is 0 Å². The molecule has 0 bridgehead atoms. The van der Waals surface area contributed by atoms with Crippen molar-refractivity contribution in [2.24, 2.45) is 10.8 Å². The van der Waals surface area contributed by atoms with E-state index < -0.39 is 6.03 Å². The quantitative estimate of drug-likeness (QED) is 0.188. The first kappa shape index (κ1) is 17.6. The maximum atomic E-state index is 11.7. The minimum atomic E-state index is -0.759. The van der Waals surface area contributed by atoms with Crippen LogP contribution in [0.15, 0.2) is 36.0 Å². The number of hydrogen-bond donors (Lipinski definition) is 2. The van der Waals surface area contributed by atoms with Gasteiger partial charge in [0.15, 0.2) is 11.5 Å². The molecule has 7 nitrogen and oxygen atoms in total. The summed E-state index contributed by atoms with van der Waals surface area (Å²) in [4.78, 5) is 22.2. The van der Waals surface area contributed by atoms with E-state index in [1.807, 2.05) is 0 Å². The molecule has 0 aromatic heterocycles. The Labute approximate surface area is 132 Å². The number of nitrogens with two attached hydrogens (primary N) is 1. The van der Waals surface area contributed by atoms with Crippen LogP contribution < -0.4 is 20.6 Å². The number of hydrogen-bond acceptors (Lipinski definition) is 6. The van der Waals surface area contributed by atoms with Crippen LogP contribution in [0.4, 0.5) is 4.79 Å². The van der Waals surface area contributed by atoms with E-state index in [0.717, 1.165) is 0 Å². The van der Waals surface area contributed by atoms with Gasteiger partial charge in [-0.25, -0.2) is 10.2 Å². The van der Waals surface area contributed by atoms with Gasteiger partial charge in [0, 0.05) is 5.75 Å². The molecule has 8 heteroatoms. The van der Waals surface area contributed by atoms with Crippen LogP contribution in [0.3, 0.4) is 0 Å². The van der Waals surface area contributed by atoms with E-state index >= 15 is 0 Å². The molecule has 1 aromatic carbocycles. The van der Waals surface area contributed by atoms with Gasteiger partial charge >= 0.3 is 12.0 Å². The summed E-state index contributed by atoms with van der Waals surface area (Å²) in [6.07, 6.45) is 3.10. The number of nitrogens with zero attached hydrogens (tertiary/aromatic N) is 1. The van der Waals surface area contributed by atoms with E-state index in [1.165, 1.54) is 25.1 Å². The number of ether oxygens (including phenoxy) is 2. The molecule has 0 aliphatic heterocycles. The zero-order chi connectivity index (χ0) is 16.4. The molecule has 1 rings (SSSR count). The predicted molar refractivity (Wildman–Crippen MR) is 86.5 cm³/mol. The standard InChI is InChI=1S/C14H17N3O4S/c1-3-6-22-9-13(18)21-11-5-4-10(7-12(11)20-2)8-16-17-14(15)19/h3-5,7-8H,1,6,9H2,2H3,(H3,15,17,19). The molecule has 3 N–H and O–H groups in total. The van der Waals surface area contributed by atoms with Gasteiger partial charge < -0.3 is 15.2 Å². The smallest absolute Gasteiger partial charge is 0.332 e. The van der Waals surface area contributed by atoms with Gasteiger partial charge in [-0.15, -0.1) is 18.3 Å². The average Bonchev–Trinajstić information content (AvgIpc) is 2.48. The SMILES string of the molecule is C=CCSCC(=O)Oc1ccc(C=NNC(N)=O)cc1OC. The third-order valence-corrected chi connectivity index (χ3v) is 3.17. The zero-order valence-electron chi connectivity index (χ0n) is 12.1. The molecule has 0 fully saturated rings. The minimum absolute atomic E-state index is 0.223. The van der Waals surface area contributed by atoms with Crippen LogP contribution in [0.25, 0.3) is 0 Å². The first-order chi connectivity index (χ1) is 10.6. The number of thioether (sulfide) groups is 1. The fourth-order valence-electron chi connectivity index (χ4n) is 1.40. The average molecular weight is 323 g/mol. The molecule has 0 aliphatic rings. The molecule has 22 heavy (non-hydrogen) atoms. The molecule has 0 radical (unpaired) electrons. The summed E-state index contributed by atoms with van der Waals surface area (Å²) in [6.45, 7) is 3.57. The van der Waals surface area contributed by atoms with Crippen molar-refractivity contribution in [1.82, 2.24) is 5.43 Å². The van der Waals surface area contributed by atoms with Crippen molar-refractivity contribution in [3.63, 3.8) is 0 Å². The molecular formula is C14H17N3O4S. The lowest BCUT2D eigenvalue weighted by atomic mass is 10.2. The Morgan fingerprint density at radius 3 is 2.86 bits per heavy atom. The van der Waals surface area contributed by atoms with Gasteiger partial charge in [-0.2, -0.15) is 5.10 Å². The molecule has 0 unspecified atom stereocenters. The Hall–Kier alpha value is -2.48. The third kappa shape index (κ3) is 6.31. The molecule has 0 atom stereocenters. The molecule has 0 saturated carbocycles. The van der Waals surface area contributed by atoms with Crippen LogP contribution in [0.5, 0.6) is 11.5 Å². The summed E-state index contributed by atoms with van der Waals surface area (Å²) < 4.78 is 10.4. The minimum Gasteiger partial charge on any atom is -0.493 e. The Morgan fingerprint density at radius 2 is 2.23 bits per heavy atom. The number of urea groups is 1. The summed E-state index contributed by atoms with van der Waals surface area (Å²) in [7, 11) is 1.46. The largest absolute Gasteiger partial charge is 0.493 e. The van der Waals surface area contributed by atoms with E-state index in [4.69, 9.17) is 15.2 Å². The van der Waals surface area contributed by atoms with Gasteiger partial charge in [0.05, 0.1) is 19.1 Å². The first-order valence-electron chi connectivity index (χ1n) is 6.22. The van der Waals surface area contributed by atoms with Crippen LogP contribution in [0.2, 0.25) is 0 Å². The highest BCUT2D eigenvalue weighted by atomic mass is 32.2. The number of rotatable bonds is 8. The lowest BCUT2D eigenvalue weighted by molar-refractivity contribution is -0.131. The number of amides is 2. The van der Waals surface area contributed by atoms with E-state index in [1.54, 1.807) is 24.3 Å². The van der Waals surface area contributed by atoms with Gasteiger partial charge in [0.1, 0.15) is 0 Å². The molecule has 0 heterocycles. The van der Waals surface area contributed by atoms with E-state index in [-0.39, 0.29) is 11.7 Å². The number of esters is 1. The molecule has 0 spiro atoms. The van der Waals surface area contributed by atoms with Crippen molar-refractivity contribution in [3.8, 4) is 11.5 Å². The maximum Gasteiger partial charge on any atom is 0.332 e. The van der Waals surface area contributed by atoms with Gasteiger partial charge in [0.25, 0.3) is 0 Å². The van der Waals surface area contributed by atoms with Crippen LogP contribution in [-0.4, -0.2) is 36.8 Å². The number of carbonyl (C=O) groups is 2. The summed E-state index contributed by atoms with van der Waals surface area (Å²) in [5.74, 6) is 1.22. The van der Waals surface area contributed by atoms with Crippen LogP contribution in [0, 0.1) is 0 Å². The highest BCUT2D eigenvalue weighted by Gasteiger charge is 2.10. The topological polar surface area (TPSA) is 103 Å². The van der Waals surface area contributed by atoms with Gasteiger partial charge in [-0.05, 0) is 23.8 Å². The second-order valence-electron chi connectivity index (χ2n) is 3.92. The van der Waals surface area contributed by atoms with E-state index in [9.17, 15) is 9.59 Å². The highest BCUT2D eigenvalue weighted by molar-refractivity contribution is 8.00. The maximum absolute atomic E-state index is 11.7. The Kier molecular flexibility index (Phi) is 7.55. The Bertz CT molecular complexity index is 575. The van der Waals surface area contributed by atoms with Gasteiger partial charge in [-0.3, -0.25) is 4.79 Å². The summed E-state index contributed by atoms with van der Waals surface area (Å²) in [6, 6.07) is 4.10. The summed E-state index contributed by atoms with van der Waals surface area (Å²) in [5, 5.41) is 3.63. The molecule has 0 saturated heterocycles. The predicted octanol–water partition coefficient (Wildman–Crippen LogP) is 1.52. The summed E-state index contributed by atoms with van der Waals surface area (Å²) >= 11 is 1.40. The zero-order valence-corrected chi connectivity index (χ0v) is 12.9. The van der Waals surface area contributed by atoms with Crippen molar-refractivity contribution < 1.29 is 19.1 Å². The first-order valence-corrected chi connectivity index (χ1v) is 7.38. The highest BCUT2D eigenvalue weighted by Crippen LogP contribution is 2.28. The second-order valence-corrected chi connectivity index (χ2v) is 4.95. The summed E-state index contributed by atoms with van der Waals surface area (Å²) in [5.41, 5.74) is 7.61. The lowest BCUT2D eigenvalue weighted by Gasteiger charge is -2.09. The number of benzene rings is 1. The normalized spacial score (nSPS) is 10.2. The number of hydrazone groups is 1.